The average Bonchev–Trinajstić information content (AvgIpc) is 2.82. The maximum atomic E-state index is 12.8. The quantitative estimate of drug-likeness (QED) is 0.302. The average molecular weight is 419 g/mol. The summed E-state index contributed by atoms with van der Waals surface area (Å²) in [5, 5.41) is 3.29. The smallest absolute Gasteiger partial charge is 0.341 e. The van der Waals surface area contributed by atoms with E-state index in [1.807, 2.05) is 31.2 Å². The van der Waals surface area contributed by atoms with Crippen molar-refractivity contribution in [2.75, 3.05) is 17.7 Å². The van der Waals surface area contributed by atoms with E-state index < -0.39 is 0 Å². The third kappa shape index (κ3) is 4.89. The van der Waals surface area contributed by atoms with Gasteiger partial charge in [-0.2, -0.15) is 0 Å². The van der Waals surface area contributed by atoms with Gasteiger partial charge in [-0.1, -0.05) is 12.5 Å². The summed E-state index contributed by atoms with van der Waals surface area (Å²) in [6.07, 6.45) is 5.16. The van der Waals surface area contributed by atoms with Crippen LogP contribution in [0.2, 0.25) is 0 Å². The van der Waals surface area contributed by atoms with E-state index in [2.05, 4.69) is 5.32 Å². The second-order valence-electron chi connectivity index (χ2n) is 6.81. The number of fused-ring (bicyclic) bond motifs is 1. The van der Waals surface area contributed by atoms with Gasteiger partial charge in [-0.3, -0.25) is 4.79 Å². The van der Waals surface area contributed by atoms with E-state index in [1.165, 1.54) is 34.4 Å². The van der Waals surface area contributed by atoms with Crippen molar-refractivity contribution < 1.29 is 14.3 Å². The van der Waals surface area contributed by atoms with E-state index in [4.69, 9.17) is 10.5 Å². The first kappa shape index (κ1) is 20.7. The normalized spacial score (nSPS) is 14.6. The topological polar surface area (TPSA) is 81.4 Å². The number of carbonyl (C=O) groups excluding carboxylic acids is 2. The minimum atomic E-state index is -0.340. The monoisotopic (exact) mass is 418 g/mol. The number of thioether (sulfide) groups is 1. The minimum absolute atomic E-state index is 0.130. The van der Waals surface area contributed by atoms with Gasteiger partial charge in [-0.05, 0) is 63.3 Å². The maximum Gasteiger partial charge on any atom is 0.341 e. The molecule has 1 aliphatic rings. The van der Waals surface area contributed by atoms with Crippen molar-refractivity contribution in [3.05, 3.63) is 40.3 Å². The van der Waals surface area contributed by atoms with Gasteiger partial charge in [0, 0.05) is 15.5 Å². The fourth-order valence-corrected chi connectivity index (χ4v) is 5.52. The van der Waals surface area contributed by atoms with Crippen LogP contribution in [0.3, 0.4) is 0 Å². The molecule has 5 nitrogen and oxygen atoms in total. The molecule has 1 aromatic carbocycles. The second-order valence-corrected chi connectivity index (χ2v) is 9.33. The van der Waals surface area contributed by atoms with Crippen LogP contribution in [0.25, 0.3) is 0 Å². The highest BCUT2D eigenvalue weighted by molar-refractivity contribution is 8.00. The molecule has 1 atom stereocenters. The Kier molecular flexibility index (Phi) is 7.02. The first-order valence-corrected chi connectivity index (χ1v) is 11.3. The van der Waals surface area contributed by atoms with Crippen molar-refractivity contribution in [1.29, 1.82) is 0 Å². The number of aryl methyl sites for hydroxylation is 1. The van der Waals surface area contributed by atoms with Gasteiger partial charge in [0.2, 0.25) is 5.91 Å². The van der Waals surface area contributed by atoms with Crippen LogP contribution in [0.4, 0.5) is 10.7 Å². The van der Waals surface area contributed by atoms with Crippen molar-refractivity contribution in [1.82, 2.24) is 0 Å². The molecule has 3 rings (SSSR count). The van der Waals surface area contributed by atoms with E-state index in [1.54, 1.807) is 6.92 Å². The molecule has 0 aliphatic heterocycles. The predicted octanol–water partition coefficient (Wildman–Crippen LogP) is 4.90. The highest BCUT2D eigenvalue weighted by Crippen LogP contribution is 2.38. The first-order chi connectivity index (χ1) is 13.5. The van der Waals surface area contributed by atoms with E-state index in [0.717, 1.165) is 36.1 Å². The summed E-state index contributed by atoms with van der Waals surface area (Å²) in [5.41, 5.74) is 8.11. The maximum absolute atomic E-state index is 12.8. The predicted molar refractivity (Wildman–Crippen MR) is 116 cm³/mol. The van der Waals surface area contributed by atoms with E-state index in [0.29, 0.717) is 22.9 Å². The molecule has 0 fully saturated rings. The number of esters is 1. The number of thiophene rings is 1. The molecule has 0 spiro atoms. The molecule has 7 heteroatoms. The number of hydrogen-bond acceptors (Lipinski definition) is 6. The molecule has 1 unspecified atom stereocenters. The summed E-state index contributed by atoms with van der Waals surface area (Å²) in [4.78, 5) is 27.6. The lowest BCUT2D eigenvalue weighted by Crippen LogP contribution is -2.23. The van der Waals surface area contributed by atoms with Crippen LogP contribution in [0, 0.1) is 0 Å². The molecule has 1 amide bonds. The molecule has 1 heterocycles. The Morgan fingerprint density at radius 2 is 2.07 bits per heavy atom. The van der Waals surface area contributed by atoms with Crippen LogP contribution >= 0.6 is 23.1 Å². The van der Waals surface area contributed by atoms with Gasteiger partial charge < -0.3 is 15.8 Å². The molecule has 0 bridgehead atoms. The fraction of sp³-hybridized carbons (Fsp3) is 0.429. The SMILES string of the molecule is CCOC(=O)c1c(NC(=O)C(C)Sc2cccc(N)c2)sc2c1CCCCC2. The lowest BCUT2D eigenvalue weighted by molar-refractivity contribution is -0.115. The number of benzene rings is 1. The molecule has 0 saturated heterocycles. The Labute approximate surface area is 174 Å². The third-order valence-corrected chi connectivity index (χ3v) is 6.98. The van der Waals surface area contributed by atoms with Crippen molar-refractivity contribution >= 4 is 45.7 Å². The summed E-state index contributed by atoms with van der Waals surface area (Å²) >= 11 is 2.97. The van der Waals surface area contributed by atoms with Crippen LogP contribution in [0.15, 0.2) is 29.2 Å². The third-order valence-electron chi connectivity index (χ3n) is 4.68. The Morgan fingerprint density at radius 1 is 1.29 bits per heavy atom. The zero-order valence-corrected chi connectivity index (χ0v) is 17.9. The van der Waals surface area contributed by atoms with Crippen LogP contribution in [0.1, 0.15) is 53.9 Å². The highest BCUT2D eigenvalue weighted by atomic mass is 32.2. The number of anilines is 2. The number of amides is 1. The van der Waals surface area contributed by atoms with Crippen molar-refractivity contribution in [3.63, 3.8) is 0 Å². The van der Waals surface area contributed by atoms with Crippen LogP contribution in [0.5, 0.6) is 0 Å². The highest BCUT2D eigenvalue weighted by Gasteiger charge is 2.27. The second kappa shape index (κ2) is 9.47. The minimum Gasteiger partial charge on any atom is -0.462 e. The molecule has 2 aromatic rings. The van der Waals surface area contributed by atoms with Crippen molar-refractivity contribution in [3.8, 4) is 0 Å². The molecule has 28 heavy (non-hydrogen) atoms. The summed E-state index contributed by atoms with van der Waals surface area (Å²) in [5.74, 6) is -0.470. The van der Waals surface area contributed by atoms with Crippen LogP contribution in [-0.2, 0) is 22.4 Å². The van der Waals surface area contributed by atoms with Gasteiger partial charge in [0.15, 0.2) is 0 Å². The largest absolute Gasteiger partial charge is 0.462 e. The Bertz CT molecular complexity index is 863. The number of rotatable bonds is 6. The van der Waals surface area contributed by atoms with Gasteiger partial charge in [0.1, 0.15) is 5.00 Å². The molecular formula is C21H26N2O3S2. The van der Waals surface area contributed by atoms with E-state index >= 15 is 0 Å². The molecule has 0 saturated carbocycles. The van der Waals surface area contributed by atoms with E-state index in [-0.39, 0.29) is 17.1 Å². The Balaban J connectivity index is 1.80. The lowest BCUT2D eigenvalue weighted by Gasteiger charge is -2.13. The van der Waals surface area contributed by atoms with Gasteiger partial charge in [0.25, 0.3) is 0 Å². The van der Waals surface area contributed by atoms with Crippen LogP contribution in [-0.4, -0.2) is 23.7 Å². The zero-order valence-electron chi connectivity index (χ0n) is 16.2. The number of nitrogen functional groups attached to an aromatic ring is 1. The van der Waals surface area contributed by atoms with Gasteiger partial charge in [-0.25, -0.2) is 4.79 Å². The molecule has 0 radical (unpaired) electrons. The number of nitrogens with two attached hydrogens (primary N) is 1. The zero-order chi connectivity index (χ0) is 20.1. The van der Waals surface area contributed by atoms with Crippen LogP contribution < -0.4 is 11.1 Å². The Hall–Kier alpha value is -1.99. The fourth-order valence-electron chi connectivity index (χ4n) is 3.31. The molecule has 1 aliphatic carbocycles. The molecular weight excluding hydrogens is 392 g/mol. The summed E-state index contributed by atoms with van der Waals surface area (Å²) in [6, 6.07) is 7.48. The lowest BCUT2D eigenvalue weighted by atomic mass is 10.1. The summed E-state index contributed by atoms with van der Waals surface area (Å²) in [6.45, 7) is 3.97. The molecule has 1 aromatic heterocycles. The van der Waals surface area contributed by atoms with Gasteiger partial charge >= 0.3 is 5.97 Å². The van der Waals surface area contributed by atoms with Gasteiger partial charge in [-0.15, -0.1) is 23.1 Å². The number of ether oxygens (including phenoxy) is 1. The first-order valence-electron chi connectivity index (χ1n) is 9.64. The Morgan fingerprint density at radius 3 is 2.82 bits per heavy atom. The number of carbonyl (C=O) groups is 2. The van der Waals surface area contributed by atoms with Gasteiger partial charge in [0.05, 0.1) is 17.4 Å². The standard InChI is InChI=1S/C21H26N2O3S2/c1-3-26-21(25)18-16-10-5-4-6-11-17(16)28-20(18)23-19(24)13(2)27-15-9-7-8-14(22)12-15/h7-9,12-13H,3-6,10-11,22H2,1-2H3,(H,23,24). The van der Waals surface area contributed by atoms with Crippen molar-refractivity contribution in [2.45, 2.75) is 56.1 Å². The molecule has 3 N–H and O–H groups in total. The summed E-state index contributed by atoms with van der Waals surface area (Å²) < 4.78 is 5.28. The number of nitrogens with one attached hydrogen (secondary N) is 1. The number of hydrogen-bond donors (Lipinski definition) is 2. The molecule has 150 valence electrons. The summed E-state index contributed by atoms with van der Waals surface area (Å²) in [7, 11) is 0. The van der Waals surface area contributed by atoms with Crippen molar-refractivity contribution in [2.24, 2.45) is 0 Å². The van der Waals surface area contributed by atoms with E-state index in [9.17, 15) is 9.59 Å².